The number of pyridine rings is 1. The first-order valence-electron chi connectivity index (χ1n) is 7.60. The van der Waals surface area contributed by atoms with Gasteiger partial charge in [-0.2, -0.15) is 0 Å². The molecule has 0 saturated heterocycles. The monoisotopic (exact) mass is 429 g/mol. The van der Waals surface area contributed by atoms with Crippen LogP contribution in [0.5, 0.6) is 5.75 Å². The molecule has 2 heterocycles. The fraction of sp³-hybridized carbons (Fsp3) is 0.438. The number of ether oxygens (including phenoxy) is 1. The maximum Gasteiger partial charge on any atom is 0.270 e. The van der Waals surface area contributed by atoms with Crippen molar-refractivity contribution in [3.63, 3.8) is 0 Å². The lowest BCUT2D eigenvalue weighted by molar-refractivity contribution is 0.0951. The van der Waals surface area contributed by atoms with Crippen LogP contribution in [-0.4, -0.2) is 27.9 Å². The molecule has 124 valence electrons. The second-order valence-electron chi connectivity index (χ2n) is 5.44. The lowest BCUT2D eigenvalue weighted by Gasteiger charge is -2.14. The summed E-state index contributed by atoms with van der Waals surface area (Å²) in [7, 11) is 0. The third kappa shape index (κ3) is 4.01. The Bertz CT molecular complexity index is 771. The van der Waals surface area contributed by atoms with Gasteiger partial charge in [-0.25, -0.2) is 4.98 Å². The van der Waals surface area contributed by atoms with E-state index in [-0.39, 0.29) is 11.7 Å². The SMILES string of the molecule is CCCCNC(=O)c1cnc2c(OC(C)C)c(I)ccn2c1=O. The Kier molecular flexibility index (Phi) is 5.97. The van der Waals surface area contributed by atoms with Gasteiger partial charge in [-0.1, -0.05) is 13.3 Å². The average Bonchev–Trinajstić information content (AvgIpc) is 2.50. The van der Waals surface area contributed by atoms with E-state index >= 15 is 0 Å². The van der Waals surface area contributed by atoms with Gasteiger partial charge >= 0.3 is 0 Å². The summed E-state index contributed by atoms with van der Waals surface area (Å²) in [5.41, 5.74) is 0.0602. The van der Waals surface area contributed by atoms with Gasteiger partial charge in [-0.05, 0) is 48.9 Å². The number of nitrogens with zero attached hydrogens (tertiary/aromatic N) is 2. The van der Waals surface area contributed by atoms with Crippen molar-refractivity contribution in [2.24, 2.45) is 0 Å². The first-order chi connectivity index (χ1) is 11.0. The third-order valence-electron chi connectivity index (χ3n) is 3.20. The van der Waals surface area contributed by atoms with Crippen molar-refractivity contribution in [1.82, 2.24) is 14.7 Å². The van der Waals surface area contributed by atoms with Gasteiger partial charge in [0, 0.05) is 18.9 Å². The van der Waals surface area contributed by atoms with E-state index in [9.17, 15) is 9.59 Å². The minimum Gasteiger partial charge on any atom is -0.486 e. The number of unbranched alkanes of at least 4 members (excludes halogenated alkanes) is 1. The van der Waals surface area contributed by atoms with Gasteiger partial charge < -0.3 is 10.1 Å². The number of fused-ring (bicyclic) bond motifs is 1. The van der Waals surface area contributed by atoms with Gasteiger partial charge in [0.05, 0.1) is 9.67 Å². The fourth-order valence-electron chi connectivity index (χ4n) is 2.07. The molecular formula is C16H20IN3O3. The van der Waals surface area contributed by atoms with E-state index in [1.165, 1.54) is 10.6 Å². The maximum atomic E-state index is 12.6. The van der Waals surface area contributed by atoms with Crippen molar-refractivity contribution in [3.05, 3.63) is 37.9 Å². The van der Waals surface area contributed by atoms with Gasteiger partial charge in [-0.3, -0.25) is 14.0 Å². The Hall–Kier alpha value is -1.64. The molecule has 0 aromatic carbocycles. The fourth-order valence-corrected chi connectivity index (χ4v) is 2.60. The molecule has 7 heteroatoms. The number of halogens is 1. The molecule has 0 fully saturated rings. The van der Waals surface area contributed by atoms with Crippen LogP contribution in [0.3, 0.4) is 0 Å². The van der Waals surface area contributed by atoms with Crippen molar-refractivity contribution in [3.8, 4) is 5.75 Å². The molecule has 0 atom stereocenters. The molecule has 2 aromatic rings. The molecule has 0 aliphatic rings. The molecular weight excluding hydrogens is 409 g/mol. The molecule has 2 aromatic heterocycles. The van der Waals surface area contributed by atoms with Crippen molar-refractivity contribution in [2.75, 3.05) is 6.54 Å². The number of rotatable bonds is 6. The van der Waals surface area contributed by atoms with E-state index < -0.39 is 11.5 Å². The van der Waals surface area contributed by atoms with Crippen molar-refractivity contribution < 1.29 is 9.53 Å². The van der Waals surface area contributed by atoms with E-state index in [4.69, 9.17) is 4.74 Å². The Labute approximate surface area is 148 Å². The molecule has 0 bridgehead atoms. The number of amides is 1. The summed E-state index contributed by atoms with van der Waals surface area (Å²) in [5, 5.41) is 2.74. The highest BCUT2D eigenvalue weighted by Crippen LogP contribution is 2.25. The molecule has 0 saturated carbocycles. The molecule has 0 spiro atoms. The molecule has 2 rings (SSSR count). The molecule has 0 radical (unpaired) electrons. The Balaban J connectivity index is 2.46. The zero-order valence-electron chi connectivity index (χ0n) is 13.4. The minimum atomic E-state index is -0.394. The first-order valence-corrected chi connectivity index (χ1v) is 8.68. The van der Waals surface area contributed by atoms with Crippen LogP contribution in [0.2, 0.25) is 0 Å². The summed E-state index contributed by atoms with van der Waals surface area (Å²) >= 11 is 2.14. The molecule has 1 amide bonds. The summed E-state index contributed by atoms with van der Waals surface area (Å²) in [4.78, 5) is 28.9. The lowest BCUT2D eigenvalue weighted by Crippen LogP contribution is -2.32. The highest BCUT2D eigenvalue weighted by atomic mass is 127. The Morgan fingerprint density at radius 2 is 2.22 bits per heavy atom. The van der Waals surface area contributed by atoms with Gasteiger partial charge in [0.25, 0.3) is 11.5 Å². The normalized spacial score (nSPS) is 11.0. The second-order valence-corrected chi connectivity index (χ2v) is 6.60. The summed E-state index contributed by atoms with van der Waals surface area (Å²) < 4.78 is 7.98. The summed E-state index contributed by atoms with van der Waals surface area (Å²) in [5.74, 6) is 0.161. The number of hydrogen-bond donors (Lipinski definition) is 1. The van der Waals surface area contributed by atoms with E-state index in [1.54, 1.807) is 12.3 Å². The van der Waals surface area contributed by atoms with Crippen LogP contribution in [-0.2, 0) is 0 Å². The van der Waals surface area contributed by atoms with Crippen LogP contribution in [0.25, 0.3) is 5.65 Å². The van der Waals surface area contributed by atoms with Crippen molar-refractivity contribution >= 4 is 34.1 Å². The molecule has 0 aliphatic heterocycles. The lowest BCUT2D eigenvalue weighted by atomic mass is 10.2. The number of nitrogens with one attached hydrogen (secondary N) is 1. The van der Waals surface area contributed by atoms with Gasteiger partial charge in [0.1, 0.15) is 5.56 Å². The Morgan fingerprint density at radius 1 is 1.48 bits per heavy atom. The second kappa shape index (κ2) is 7.76. The molecule has 0 aliphatic carbocycles. The molecule has 1 N–H and O–H groups in total. The highest BCUT2D eigenvalue weighted by Gasteiger charge is 2.17. The number of carbonyl (C=O) groups excluding carboxylic acids is 1. The highest BCUT2D eigenvalue weighted by molar-refractivity contribution is 14.1. The van der Waals surface area contributed by atoms with E-state index in [1.807, 2.05) is 20.8 Å². The quantitative estimate of drug-likeness (QED) is 0.566. The van der Waals surface area contributed by atoms with Crippen molar-refractivity contribution in [2.45, 2.75) is 39.7 Å². The average molecular weight is 429 g/mol. The zero-order chi connectivity index (χ0) is 17.0. The number of carbonyl (C=O) groups is 1. The summed E-state index contributed by atoms with van der Waals surface area (Å²) in [6, 6.07) is 1.77. The van der Waals surface area contributed by atoms with Crippen LogP contribution >= 0.6 is 22.6 Å². The number of aromatic nitrogens is 2. The summed E-state index contributed by atoms with van der Waals surface area (Å²) in [6.07, 6.45) is 4.75. The van der Waals surface area contributed by atoms with E-state index in [2.05, 4.69) is 32.9 Å². The first kappa shape index (κ1) is 17.7. The van der Waals surface area contributed by atoms with Crippen LogP contribution in [0.4, 0.5) is 0 Å². The molecule has 0 unspecified atom stereocenters. The van der Waals surface area contributed by atoms with Crippen LogP contribution in [0, 0.1) is 3.57 Å². The predicted molar refractivity (Wildman–Crippen MR) is 97.2 cm³/mol. The standard InChI is InChI=1S/C16H20IN3O3/c1-4-5-7-18-15(21)11-9-19-14-13(23-10(2)3)12(17)6-8-20(14)16(11)22/h6,8-10H,4-5,7H2,1-3H3,(H,18,21). The molecule has 6 nitrogen and oxygen atoms in total. The van der Waals surface area contributed by atoms with Crippen LogP contribution < -0.4 is 15.6 Å². The largest absolute Gasteiger partial charge is 0.486 e. The van der Waals surface area contributed by atoms with E-state index in [0.717, 1.165) is 16.4 Å². The van der Waals surface area contributed by atoms with Gasteiger partial charge in [-0.15, -0.1) is 0 Å². The zero-order valence-corrected chi connectivity index (χ0v) is 15.6. The number of hydrogen-bond acceptors (Lipinski definition) is 4. The Morgan fingerprint density at radius 3 is 2.87 bits per heavy atom. The van der Waals surface area contributed by atoms with E-state index in [0.29, 0.717) is 17.9 Å². The van der Waals surface area contributed by atoms with Crippen LogP contribution in [0.15, 0.2) is 23.3 Å². The summed E-state index contributed by atoms with van der Waals surface area (Å²) in [6.45, 7) is 6.41. The topological polar surface area (TPSA) is 72.7 Å². The van der Waals surface area contributed by atoms with Crippen molar-refractivity contribution in [1.29, 1.82) is 0 Å². The third-order valence-corrected chi connectivity index (χ3v) is 4.05. The van der Waals surface area contributed by atoms with Crippen LogP contribution in [0.1, 0.15) is 44.0 Å². The maximum absolute atomic E-state index is 12.6. The predicted octanol–water partition coefficient (Wildman–Crippen LogP) is 2.62. The van der Waals surface area contributed by atoms with Gasteiger partial charge in [0.15, 0.2) is 11.4 Å². The minimum absolute atomic E-state index is 0.0373. The smallest absolute Gasteiger partial charge is 0.270 e. The molecule has 23 heavy (non-hydrogen) atoms. The van der Waals surface area contributed by atoms with Gasteiger partial charge in [0.2, 0.25) is 0 Å².